The van der Waals surface area contributed by atoms with Gasteiger partial charge in [0.2, 0.25) is 5.91 Å². The second kappa shape index (κ2) is 8.21. The van der Waals surface area contributed by atoms with Gasteiger partial charge in [0, 0.05) is 33.8 Å². The van der Waals surface area contributed by atoms with Gasteiger partial charge in [-0.3, -0.25) is 14.5 Å². The first-order valence-corrected chi connectivity index (χ1v) is 10.3. The number of anilines is 1. The summed E-state index contributed by atoms with van der Waals surface area (Å²) >= 11 is 0. The fraction of sp³-hybridized carbons (Fsp3) is 0.333. The Morgan fingerprint density at radius 2 is 1.69 bits per heavy atom. The molecule has 29 heavy (non-hydrogen) atoms. The predicted octanol–water partition coefficient (Wildman–Crippen LogP) is 4.40. The minimum absolute atomic E-state index is 0.0106. The Morgan fingerprint density at radius 1 is 1.03 bits per heavy atom. The monoisotopic (exact) mass is 389 g/mol. The number of ketones is 1. The van der Waals surface area contributed by atoms with E-state index in [1.54, 1.807) is 0 Å². The third-order valence-corrected chi connectivity index (χ3v) is 6.01. The average Bonchev–Trinajstić information content (AvgIpc) is 3.09. The molecule has 1 fully saturated rings. The summed E-state index contributed by atoms with van der Waals surface area (Å²) in [6, 6.07) is 17.3. The molecule has 5 nitrogen and oxygen atoms in total. The topological polar surface area (TPSA) is 65.2 Å². The van der Waals surface area contributed by atoms with Gasteiger partial charge >= 0.3 is 0 Å². The van der Waals surface area contributed by atoms with Gasteiger partial charge in [0.1, 0.15) is 0 Å². The maximum absolute atomic E-state index is 13.3. The fourth-order valence-corrected chi connectivity index (χ4v) is 4.28. The van der Waals surface area contributed by atoms with Gasteiger partial charge in [-0.1, -0.05) is 36.4 Å². The van der Waals surface area contributed by atoms with Crippen LogP contribution in [-0.2, 0) is 4.79 Å². The highest BCUT2D eigenvalue weighted by atomic mass is 16.2. The van der Waals surface area contributed by atoms with Crippen LogP contribution in [-0.4, -0.2) is 40.7 Å². The highest BCUT2D eigenvalue weighted by Crippen LogP contribution is 2.26. The number of benzene rings is 2. The predicted molar refractivity (Wildman–Crippen MR) is 116 cm³/mol. The number of rotatable bonds is 5. The van der Waals surface area contributed by atoms with Crippen LogP contribution in [0.15, 0.2) is 54.6 Å². The second-order valence-corrected chi connectivity index (χ2v) is 7.88. The molecule has 5 heteroatoms. The van der Waals surface area contributed by atoms with Crippen molar-refractivity contribution >= 4 is 28.3 Å². The van der Waals surface area contributed by atoms with E-state index >= 15 is 0 Å². The summed E-state index contributed by atoms with van der Waals surface area (Å²) in [5.74, 6) is 0.207. The maximum Gasteiger partial charge on any atom is 0.227 e. The van der Waals surface area contributed by atoms with E-state index in [0.29, 0.717) is 0 Å². The number of fused-ring (bicyclic) bond motifs is 1. The van der Waals surface area contributed by atoms with E-state index < -0.39 is 0 Å². The molecule has 1 saturated heterocycles. The number of piperidine rings is 1. The number of aromatic nitrogens is 1. The molecular formula is C24H27N3O2. The first-order valence-electron chi connectivity index (χ1n) is 10.3. The van der Waals surface area contributed by atoms with Crippen molar-refractivity contribution in [3.8, 4) is 0 Å². The van der Waals surface area contributed by atoms with Gasteiger partial charge in [0.05, 0.1) is 6.04 Å². The van der Waals surface area contributed by atoms with Gasteiger partial charge in [-0.25, -0.2) is 0 Å². The van der Waals surface area contributed by atoms with Crippen molar-refractivity contribution in [1.82, 2.24) is 9.88 Å². The van der Waals surface area contributed by atoms with E-state index in [2.05, 4.69) is 15.2 Å². The number of amides is 1. The van der Waals surface area contributed by atoms with Crippen molar-refractivity contribution in [3.63, 3.8) is 0 Å². The van der Waals surface area contributed by atoms with Gasteiger partial charge in [0.15, 0.2) is 5.78 Å². The highest BCUT2D eigenvalue weighted by Gasteiger charge is 2.31. The first-order chi connectivity index (χ1) is 14.0. The molecule has 0 spiro atoms. The van der Waals surface area contributed by atoms with E-state index in [1.807, 2.05) is 68.4 Å². The second-order valence-electron chi connectivity index (χ2n) is 7.88. The number of H-pyrrole nitrogens is 1. The number of likely N-dealkylation sites (tertiary alicyclic amines) is 1. The van der Waals surface area contributed by atoms with Crippen molar-refractivity contribution in [2.45, 2.75) is 32.7 Å². The molecule has 4 rings (SSSR count). The van der Waals surface area contributed by atoms with Crippen molar-refractivity contribution in [3.05, 3.63) is 65.9 Å². The minimum atomic E-state index is -0.203. The largest absolute Gasteiger partial charge is 0.358 e. The average molecular weight is 389 g/mol. The molecule has 2 heterocycles. The first kappa shape index (κ1) is 19.4. The molecule has 0 aliphatic carbocycles. The lowest BCUT2D eigenvalue weighted by Crippen LogP contribution is -2.45. The maximum atomic E-state index is 13.3. The Bertz CT molecular complexity index is 1020. The van der Waals surface area contributed by atoms with Crippen LogP contribution in [0.5, 0.6) is 0 Å². The number of hydrogen-bond donors (Lipinski definition) is 2. The van der Waals surface area contributed by atoms with Crippen LogP contribution in [0.3, 0.4) is 0 Å². The molecule has 3 aromatic rings. The number of nitrogens with one attached hydrogen (secondary N) is 2. The Hall–Kier alpha value is -2.92. The van der Waals surface area contributed by atoms with Crippen molar-refractivity contribution < 1.29 is 9.59 Å². The Morgan fingerprint density at radius 3 is 2.41 bits per heavy atom. The van der Waals surface area contributed by atoms with Crippen LogP contribution in [0.2, 0.25) is 0 Å². The molecule has 0 radical (unpaired) electrons. The zero-order valence-electron chi connectivity index (χ0n) is 16.9. The lowest BCUT2D eigenvalue weighted by molar-refractivity contribution is -0.121. The van der Waals surface area contributed by atoms with Crippen molar-refractivity contribution in [2.75, 3.05) is 18.4 Å². The minimum Gasteiger partial charge on any atom is -0.358 e. The molecule has 1 aliphatic heterocycles. The van der Waals surface area contributed by atoms with E-state index in [0.717, 1.165) is 53.8 Å². The smallest absolute Gasteiger partial charge is 0.227 e. The van der Waals surface area contributed by atoms with Crippen molar-refractivity contribution in [2.24, 2.45) is 5.92 Å². The molecule has 1 atom stereocenters. The summed E-state index contributed by atoms with van der Waals surface area (Å²) in [5.41, 5.74) is 3.53. The van der Waals surface area contributed by atoms with Crippen LogP contribution >= 0.6 is 0 Å². The molecule has 0 unspecified atom stereocenters. The standard InChI is InChI=1S/C24H27N3O2/c1-16-22(20-10-6-7-11-21(20)25-16)23(28)17(2)27-14-12-18(13-15-27)24(29)26-19-8-4-3-5-9-19/h3-11,17-18,25H,12-15H2,1-2H3,(H,26,29)/t17-/m1/s1. The summed E-state index contributed by atoms with van der Waals surface area (Å²) in [5, 5.41) is 3.99. The SMILES string of the molecule is Cc1[nH]c2ccccc2c1C(=O)[C@@H](C)N1CCC(C(=O)Nc2ccccc2)CC1. The summed E-state index contributed by atoms with van der Waals surface area (Å²) in [6.45, 7) is 5.44. The number of para-hydroxylation sites is 2. The van der Waals surface area contributed by atoms with Crippen molar-refractivity contribution in [1.29, 1.82) is 0 Å². The number of carbonyl (C=O) groups excluding carboxylic acids is 2. The van der Waals surface area contributed by atoms with Crippen LogP contribution in [0.1, 0.15) is 35.8 Å². The fourth-order valence-electron chi connectivity index (χ4n) is 4.28. The summed E-state index contributed by atoms with van der Waals surface area (Å²) in [6.07, 6.45) is 1.53. The summed E-state index contributed by atoms with van der Waals surface area (Å²) in [7, 11) is 0. The van der Waals surface area contributed by atoms with E-state index in [-0.39, 0.29) is 23.7 Å². The number of aryl methyl sites for hydroxylation is 1. The molecule has 0 saturated carbocycles. The van der Waals surface area contributed by atoms with E-state index in [1.165, 1.54) is 0 Å². The molecule has 1 aromatic heterocycles. The van der Waals surface area contributed by atoms with Gasteiger partial charge in [-0.15, -0.1) is 0 Å². The van der Waals surface area contributed by atoms with Crippen LogP contribution in [0, 0.1) is 12.8 Å². The van der Waals surface area contributed by atoms with Gasteiger partial charge < -0.3 is 10.3 Å². The quantitative estimate of drug-likeness (QED) is 0.636. The molecule has 1 aliphatic rings. The van der Waals surface area contributed by atoms with E-state index in [4.69, 9.17) is 0 Å². The lowest BCUT2D eigenvalue weighted by atomic mass is 9.93. The number of carbonyl (C=O) groups is 2. The van der Waals surface area contributed by atoms with Crippen LogP contribution in [0.25, 0.3) is 10.9 Å². The summed E-state index contributed by atoms with van der Waals surface area (Å²) in [4.78, 5) is 31.3. The number of hydrogen-bond acceptors (Lipinski definition) is 3. The molecule has 1 amide bonds. The zero-order valence-corrected chi connectivity index (χ0v) is 16.9. The number of aromatic amines is 1. The molecule has 0 bridgehead atoms. The molecule has 2 aromatic carbocycles. The molecule has 150 valence electrons. The van der Waals surface area contributed by atoms with Gasteiger partial charge in [-0.2, -0.15) is 0 Å². The molecular weight excluding hydrogens is 362 g/mol. The van der Waals surface area contributed by atoms with Gasteiger partial charge in [0.25, 0.3) is 0 Å². The van der Waals surface area contributed by atoms with Gasteiger partial charge in [-0.05, 0) is 58.0 Å². The van der Waals surface area contributed by atoms with Crippen LogP contribution < -0.4 is 5.32 Å². The Labute approximate surface area is 171 Å². The summed E-state index contributed by atoms with van der Waals surface area (Å²) < 4.78 is 0. The Balaban J connectivity index is 1.39. The van der Waals surface area contributed by atoms with E-state index in [9.17, 15) is 9.59 Å². The Kier molecular flexibility index (Phi) is 5.49. The zero-order chi connectivity index (χ0) is 20.4. The highest BCUT2D eigenvalue weighted by molar-refractivity contribution is 6.11. The number of nitrogens with zero attached hydrogens (tertiary/aromatic N) is 1. The lowest BCUT2D eigenvalue weighted by Gasteiger charge is -2.34. The molecule has 2 N–H and O–H groups in total. The third-order valence-electron chi connectivity index (χ3n) is 6.01. The van der Waals surface area contributed by atoms with Crippen LogP contribution in [0.4, 0.5) is 5.69 Å². The third kappa shape index (κ3) is 3.96. The number of Topliss-reactive ketones (excluding diaryl/α,β-unsaturated/α-hetero) is 1. The normalized spacial score (nSPS) is 16.6.